The topological polar surface area (TPSA) is 34.1 Å². The Hall–Kier alpha value is 0.200. The van der Waals surface area contributed by atoms with E-state index in [0.29, 0.717) is 16.9 Å². The molecule has 3 fully saturated rings. The van der Waals surface area contributed by atoms with Gasteiger partial charge in [0.25, 0.3) is 0 Å². The van der Waals surface area contributed by atoms with Crippen LogP contribution in [0.3, 0.4) is 0 Å². The van der Waals surface area contributed by atoms with Crippen LogP contribution in [0.1, 0.15) is 32.6 Å². The zero-order valence-corrected chi connectivity index (χ0v) is 12.8. The minimum absolute atomic E-state index is 0. The third-order valence-corrected chi connectivity index (χ3v) is 7.24. The third-order valence-electron chi connectivity index (χ3n) is 5.63. The SMILES string of the molecule is CC1(C2CC2)CC[N+]2(CC1)CCS(=O)(=O)CC2.[Cl-]. The van der Waals surface area contributed by atoms with Crippen molar-refractivity contribution in [2.75, 3.05) is 37.7 Å². The molecule has 1 spiro atoms. The fourth-order valence-electron chi connectivity index (χ4n) is 3.74. The third kappa shape index (κ3) is 2.70. The Bertz CT molecular complexity index is 393. The van der Waals surface area contributed by atoms with E-state index in [-0.39, 0.29) is 12.4 Å². The molecule has 3 aliphatic rings. The zero-order chi connectivity index (χ0) is 12.1. The molecule has 18 heavy (non-hydrogen) atoms. The summed E-state index contributed by atoms with van der Waals surface area (Å²) in [5, 5.41) is 0. The Morgan fingerprint density at radius 1 is 1.00 bits per heavy atom. The summed E-state index contributed by atoms with van der Waals surface area (Å²) in [4.78, 5) is 0. The van der Waals surface area contributed by atoms with Crippen LogP contribution in [0.25, 0.3) is 0 Å². The lowest BCUT2D eigenvalue weighted by Crippen LogP contribution is -3.00. The quantitative estimate of drug-likeness (QED) is 0.549. The minimum atomic E-state index is -2.71. The van der Waals surface area contributed by atoms with Crippen LogP contribution in [-0.4, -0.2) is 50.6 Å². The van der Waals surface area contributed by atoms with Crippen LogP contribution in [0, 0.1) is 11.3 Å². The molecule has 0 unspecified atom stereocenters. The number of rotatable bonds is 1. The predicted molar refractivity (Wildman–Crippen MR) is 68.4 cm³/mol. The van der Waals surface area contributed by atoms with E-state index in [1.54, 1.807) is 0 Å². The van der Waals surface area contributed by atoms with Crippen LogP contribution in [0.2, 0.25) is 0 Å². The number of quaternary nitrogens is 1. The number of hydrogen-bond donors (Lipinski definition) is 0. The molecule has 3 rings (SSSR count). The molecule has 0 radical (unpaired) electrons. The van der Waals surface area contributed by atoms with Gasteiger partial charge in [-0.1, -0.05) is 6.92 Å². The van der Waals surface area contributed by atoms with Crippen LogP contribution in [0.15, 0.2) is 0 Å². The molecular weight excluding hydrogens is 270 g/mol. The van der Waals surface area contributed by atoms with Crippen molar-refractivity contribution >= 4 is 9.84 Å². The van der Waals surface area contributed by atoms with Crippen LogP contribution in [0.4, 0.5) is 0 Å². The normalized spacial score (nSPS) is 32.7. The molecule has 0 N–H and O–H groups in total. The lowest BCUT2D eigenvalue weighted by atomic mass is 9.75. The van der Waals surface area contributed by atoms with Gasteiger partial charge in [0, 0.05) is 12.8 Å². The van der Waals surface area contributed by atoms with Crippen molar-refractivity contribution in [2.24, 2.45) is 11.3 Å². The Balaban J connectivity index is 0.00000120. The van der Waals surface area contributed by atoms with Crippen molar-refractivity contribution in [3.63, 3.8) is 0 Å². The molecule has 2 aliphatic heterocycles. The molecule has 0 atom stereocenters. The van der Waals surface area contributed by atoms with Crippen molar-refractivity contribution < 1.29 is 25.3 Å². The summed E-state index contributed by atoms with van der Waals surface area (Å²) in [5.74, 6) is 1.83. The van der Waals surface area contributed by atoms with Gasteiger partial charge in [0.2, 0.25) is 0 Å². The monoisotopic (exact) mass is 293 g/mol. The van der Waals surface area contributed by atoms with Gasteiger partial charge in [0.15, 0.2) is 9.84 Å². The highest BCUT2D eigenvalue weighted by molar-refractivity contribution is 7.91. The summed E-state index contributed by atoms with van der Waals surface area (Å²) >= 11 is 0. The Morgan fingerprint density at radius 3 is 1.94 bits per heavy atom. The van der Waals surface area contributed by atoms with Crippen LogP contribution in [0.5, 0.6) is 0 Å². The molecule has 0 aromatic carbocycles. The number of piperidine rings is 1. The van der Waals surface area contributed by atoms with Gasteiger partial charge >= 0.3 is 0 Å². The van der Waals surface area contributed by atoms with Gasteiger partial charge in [-0.15, -0.1) is 0 Å². The summed E-state index contributed by atoms with van der Waals surface area (Å²) in [6.45, 7) is 6.66. The fraction of sp³-hybridized carbons (Fsp3) is 1.00. The molecule has 5 heteroatoms. The average Bonchev–Trinajstić information content (AvgIpc) is 3.11. The first-order chi connectivity index (χ1) is 7.93. The van der Waals surface area contributed by atoms with Crippen molar-refractivity contribution in [2.45, 2.75) is 32.6 Å². The number of nitrogens with zero attached hydrogens (tertiary/aromatic N) is 1. The molecule has 2 saturated heterocycles. The lowest BCUT2D eigenvalue weighted by Gasteiger charge is -2.49. The maximum Gasteiger partial charge on any atom is 0.161 e. The summed E-state index contributed by atoms with van der Waals surface area (Å²) < 4.78 is 24.1. The van der Waals surface area contributed by atoms with Crippen molar-refractivity contribution in [1.29, 1.82) is 0 Å². The Morgan fingerprint density at radius 2 is 1.50 bits per heavy atom. The van der Waals surface area contributed by atoms with Gasteiger partial charge in [-0.2, -0.15) is 0 Å². The first kappa shape index (κ1) is 14.6. The predicted octanol–water partition coefficient (Wildman–Crippen LogP) is -1.55. The van der Waals surface area contributed by atoms with Gasteiger partial charge < -0.3 is 16.9 Å². The van der Waals surface area contributed by atoms with Gasteiger partial charge in [0.05, 0.1) is 37.7 Å². The van der Waals surface area contributed by atoms with E-state index in [2.05, 4.69) is 6.92 Å². The molecule has 2 heterocycles. The van der Waals surface area contributed by atoms with Crippen LogP contribution < -0.4 is 12.4 Å². The minimum Gasteiger partial charge on any atom is -1.00 e. The van der Waals surface area contributed by atoms with E-state index in [0.717, 1.165) is 23.5 Å². The zero-order valence-electron chi connectivity index (χ0n) is 11.2. The van der Waals surface area contributed by atoms with Gasteiger partial charge in [-0.05, 0) is 24.2 Å². The second kappa shape index (κ2) is 4.64. The second-order valence-electron chi connectivity index (χ2n) is 6.82. The van der Waals surface area contributed by atoms with Gasteiger partial charge in [-0.3, -0.25) is 0 Å². The fourth-order valence-corrected chi connectivity index (χ4v) is 5.27. The maximum absolute atomic E-state index is 11.5. The maximum atomic E-state index is 11.5. The highest BCUT2D eigenvalue weighted by Crippen LogP contribution is 2.52. The van der Waals surface area contributed by atoms with Crippen LogP contribution >= 0.6 is 0 Å². The molecule has 106 valence electrons. The van der Waals surface area contributed by atoms with E-state index >= 15 is 0 Å². The highest BCUT2D eigenvalue weighted by atomic mass is 35.5. The van der Waals surface area contributed by atoms with Crippen LogP contribution in [-0.2, 0) is 9.84 Å². The Kier molecular flexibility index (Phi) is 3.76. The molecule has 0 bridgehead atoms. The first-order valence-corrected chi connectivity index (χ1v) is 8.81. The van der Waals surface area contributed by atoms with Gasteiger partial charge in [-0.25, -0.2) is 8.42 Å². The molecular formula is C13H24ClNO2S. The standard InChI is InChI=1S/C13H24NO2S.ClH/c1-13(12-2-3-12)4-6-14(7-5-13)8-10-17(15,16)11-9-14;/h12H,2-11H2,1H3;1H/q+1;/p-1. The van der Waals surface area contributed by atoms with E-state index < -0.39 is 9.84 Å². The van der Waals surface area contributed by atoms with Crippen molar-refractivity contribution in [3.8, 4) is 0 Å². The van der Waals surface area contributed by atoms with Crippen molar-refractivity contribution in [3.05, 3.63) is 0 Å². The van der Waals surface area contributed by atoms with Crippen molar-refractivity contribution in [1.82, 2.24) is 0 Å². The number of hydrogen-bond acceptors (Lipinski definition) is 2. The molecule has 0 aromatic rings. The summed E-state index contributed by atoms with van der Waals surface area (Å²) in [6.07, 6.45) is 5.51. The largest absolute Gasteiger partial charge is 1.00 e. The van der Waals surface area contributed by atoms with E-state index in [4.69, 9.17) is 0 Å². The second-order valence-corrected chi connectivity index (χ2v) is 9.12. The molecule has 0 aromatic heterocycles. The summed E-state index contributed by atoms with van der Waals surface area (Å²) in [6, 6.07) is 0. The van der Waals surface area contributed by atoms with E-state index in [9.17, 15) is 8.42 Å². The number of halogens is 1. The molecule has 1 aliphatic carbocycles. The highest BCUT2D eigenvalue weighted by Gasteiger charge is 2.48. The molecule has 1 saturated carbocycles. The Labute approximate surface area is 117 Å². The summed E-state index contributed by atoms with van der Waals surface area (Å²) in [5.41, 5.74) is 0.583. The van der Waals surface area contributed by atoms with Gasteiger partial charge in [0.1, 0.15) is 0 Å². The summed E-state index contributed by atoms with van der Waals surface area (Å²) in [7, 11) is -2.71. The molecule has 3 nitrogen and oxygen atoms in total. The average molecular weight is 294 g/mol. The smallest absolute Gasteiger partial charge is 0.161 e. The van der Waals surface area contributed by atoms with E-state index in [1.807, 2.05) is 0 Å². The lowest BCUT2D eigenvalue weighted by molar-refractivity contribution is -0.931. The number of sulfone groups is 1. The van der Waals surface area contributed by atoms with E-state index in [1.165, 1.54) is 38.8 Å². The molecule has 0 amide bonds. The first-order valence-electron chi connectivity index (χ1n) is 6.99.